The number of non-ortho nitro benzene ring substituents is 1. The molecule has 0 spiro atoms. The number of anilines is 1. The van der Waals surface area contributed by atoms with Gasteiger partial charge in [0, 0.05) is 29.7 Å². The molecule has 1 aromatic heterocycles. The molecule has 0 atom stereocenters. The van der Waals surface area contributed by atoms with Crippen molar-refractivity contribution in [3.63, 3.8) is 0 Å². The summed E-state index contributed by atoms with van der Waals surface area (Å²) in [6.07, 6.45) is 1.64. The SMILES string of the molecule is CCCc1nc(N)c(C)c(-c2cccc([N+](=O)[O-])c2)n1. The third kappa shape index (κ3) is 2.74. The van der Waals surface area contributed by atoms with Crippen molar-refractivity contribution < 1.29 is 4.92 Å². The van der Waals surface area contributed by atoms with Gasteiger partial charge in [-0.3, -0.25) is 10.1 Å². The maximum atomic E-state index is 10.9. The van der Waals surface area contributed by atoms with Gasteiger partial charge in [0.1, 0.15) is 11.6 Å². The van der Waals surface area contributed by atoms with Gasteiger partial charge in [-0.1, -0.05) is 19.1 Å². The van der Waals surface area contributed by atoms with Crippen molar-refractivity contribution in [3.05, 3.63) is 45.8 Å². The first kappa shape index (κ1) is 13.9. The highest BCUT2D eigenvalue weighted by atomic mass is 16.6. The number of nitro groups is 1. The van der Waals surface area contributed by atoms with E-state index in [1.165, 1.54) is 12.1 Å². The highest BCUT2D eigenvalue weighted by molar-refractivity contribution is 5.69. The first-order chi connectivity index (χ1) is 9.52. The van der Waals surface area contributed by atoms with Crippen LogP contribution in [0, 0.1) is 17.0 Å². The summed E-state index contributed by atoms with van der Waals surface area (Å²) in [7, 11) is 0. The second-order valence-electron chi connectivity index (χ2n) is 4.56. The van der Waals surface area contributed by atoms with Crippen LogP contribution >= 0.6 is 0 Å². The molecule has 2 aromatic rings. The van der Waals surface area contributed by atoms with Gasteiger partial charge in [0.2, 0.25) is 0 Å². The second-order valence-corrected chi connectivity index (χ2v) is 4.56. The summed E-state index contributed by atoms with van der Waals surface area (Å²) < 4.78 is 0. The molecule has 6 nitrogen and oxygen atoms in total. The normalized spacial score (nSPS) is 10.5. The molecule has 0 saturated carbocycles. The monoisotopic (exact) mass is 272 g/mol. The summed E-state index contributed by atoms with van der Waals surface area (Å²) >= 11 is 0. The smallest absolute Gasteiger partial charge is 0.270 e. The van der Waals surface area contributed by atoms with Crippen LogP contribution < -0.4 is 5.73 Å². The number of benzene rings is 1. The molecule has 2 N–H and O–H groups in total. The Hall–Kier alpha value is -2.50. The van der Waals surface area contributed by atoms with Gasteiger partial charge >= 0.3 is 0 Å². The van der Waals surface area contributed by atoms with E-state index < -0.39 is 4.92 Å². The second kappa shape index (κ2) is 5.64. The van der Waals surface area contributed by atoms with Crippen molar-refractivity contribution in [3.8, 4) is 11.3 Å². The summed E-state index contributed by atoms with van der Waals surface area (Å²) in [5.74, 6) is 1.09. The Morgan fingerprint density at radius 2 is 2.10 bits per heavy atom. The Kier molecular flexibility index (Phi) is 3.93. The fourth-order valence-electron chi connectivity index (χ4n) is 1.97. The molecule has 20 heavy (non-hydrogen) atoms. The summed E-state index contributed by atoms with van der Waals surface area (Å²) in [5.41, 5.74) is 8.02. The molecular formula is C14H16N4O2. The number of rotatable bonds is 4. The maximum absolute atomic E-state index is 10.9. The lowest BCUT2D eigenvalue weighted by atomic mass is 10.1. The molecule has 6 heteroatoms. The number of hydrogen-bond acceptors (Lipinski definition) is 5. The Morgan fingerprint density at radius 3 is 2.75 bits per heavy atom. The largest absolute Gasteiger partial charge is 0.383 e. The Morgan fingerprint density at radius 1 is 1.35 bits per heavy atom. The fraction of sp³-hybridized carbons (Fsp3) is 0.286. The molecule has 2 rings (SSSR count). The van der Waals surface area contributed by atoms with Crippen molar-refractivity contribution in [2.24, 2.45) is 0 Å². The third-order valence-electron chi connectivity index (χ3n) is 3.03. The number of nitro benzene ring substituents is 1. The van der Waals surface area contributed by atoms with E-state index in [0.29, 0.717) is 22.9 Å². The van der Waals surface area contributed by atoms with Crippen LogP contribution in [0.15, 0.2) is 24.3 Å². The summed E-state index contributed by atoms with van der Waals surface area (Å²) in [4.78, 5) is 19.2. The molecule has 0 radical (unpaired) electrons. The van der Waals surface area contributed by atoms with Gasteiger partial charge < -0.3 is 5.73 Å². The van der Waals surface area contributed by atoms with Crippen LogP contribution in [-0.4, -0.2) is 14.9 Å². The molecule has 1 heterocycles. The minimum absolute atomic E-state index is 0.0381. The lowest BCUT2D eigenvalue weighted by molar-refractivity contribution is -0.384. The molecular weight excluding hydrogens is 256 g/mol. The van der Waals surface area contributed by atoms with Crippen molar-refractivity contribution in [2.45, 2.75) is 26.7 Å². The van der Waals surface area contributed by atoms with Gasteiger partial charge in [0.15, 0.2) is 0 Å². The Labute approximate surface area is 116 Å². The van der Waals surface area contributed by atoms with Crippen LogP contribution in [0.25, 0.3) is 11.3 Å². The molecule has 104 valence electrons. The van der Waals surface area contributed by atoms with E-state index in [4.69, 9.17) is 5.73 Å². The van der Waals surface area contributed by atoms with Crippen LogP contribution in [-0.2, 0) is 6.42 Å². The van der Waals surface area contributed by atoms with E-state index in [-0.39, 0.29) is 5.69 Å². The minimum Gasteiger partial charge on any atom is -0.383 e. The number of aromatic nitrogens is 2. The summed E-state index contributed by atoms with van der Waals surface area (Å²) in [5, 5.41) is 10.9. The van der Waals surface area contributed by atoms with Crippen molar-refractivity contribution in [2.75, 3.05) is 5.73 Å². The molecule has 1 aromatic carbocycles. The molecule has 0 fully saturated rings. The Bertz CT molecular complexity index is 656. The first-order valence-corrected chi connectivity index (χ1v) is 6.40. The molecule has 0 aliphatic rings. The topological polar surface area (TPSA) is 94.9 Å². The lowest BCUT2D eigenvalue weighted by Gasteiger charge is -2.09. The molecule has 0 bridgehead atoms. The number of nitrogen functional groups attached to an aromatic ring is 1. The summed E-state index contributed by atoms with van der Waals surface area (Å²) in [6, 6.07) is 6.39. The van der Waals surface area contributed by atoms with Crippen LogP contribution in [0.4, 0.5) is 11.5 Å². The molecule has 0 aliphatic heterocycles. The average Bonchev–Trinajstić information content (AvgIpc) is 2.43. The lowest BCUT2D eigenvalue weighted by Crippen LogP contribution is -2.05. The minimum atomic E-state index is -0.420. The van der Waals surface area contributed by atoms with Gasteiger partial charge in [0.25, 0.3) is 5.69 Å². The number of nitrogens with two attached hydrogens (primary N) is 1. The van der Waals surface area contributed by atoms with Crippen LogP contribution in [0.2, 0.25) is 0 Å². The van der Waals surface area contributed by atoms with Crippen LogP contribution in [0.1, 0.15) is 24.7 Å². The molecule has 0 saturated heterocycles. The van der Waals surface area contributed by atoms with E-state index in [1.54, 1.807) is 12.1 Å². The van der Waals surface area contributed by atoms with E-state index >= 15 is 0 Å². The van der Waals surface area contributed by atoms with Gasteiger partial charge in [-0.2, -0.15) is 0 Å². The van der Waals surface area contributed by atoms with E-state index in [2.05, 4.69) is 9.97 Å². The van der Waals surface area contributed by atoms with Crippen molar-refractivity contribution in [1.82, 2.24) is 9.97 Å². The predicted molar refractivity (Wildman–Crippen MR) is 77.3 cm³/mol. The number of hydrogen-bond donors (Lipinski definition) is 1. The average molecular weight is 272 g/mol. The highest BCUT2D eigenvalue weighted by Gasteiger charge is 2.13. The van der Waals surface area contributed by atoms with E-state index in [1.807, 2.05) is 13.8 Å². The van der Waals surface area contributed by atoms with Gasteiger partial charge in [-0.15, -0.1) is 0 Å². The van der Waals surface area contributed by atoms with Crippen LogP contribution in [0.5, 0.6) is 0 Å². The third-order valence-corrected chi connectivity index (χ3v) is 3.03. The zero-order valence-electron chi connectivity index (χ0n) is 11.5. The zero-order valence-corrected chi connectivity index (χ0v) is 11.5. The summed E-state index contributed by atoms with van der Waals surface area (Å²) in [6.45, 7) is 3.85. The van der Waals surface area contributed by atoms with E-state index in [9.17, 15) is 10.1 Å². The number of aryl methyl sites for hydroxylation is 1. The maximum Gasteiger partial charge on any atom is 0.270 e. The van der Waals surface area contributed by atoms with Gasteiger partial charge in [0.05, 0.1) is 10.6 Å². The predicted octanol–water partition coefficient (Wildman–Crippen LogP) is 2.89. The van der Waals surface area contributed by atoms with Gasteiger partial charge in [-0.05, 0) is 13.3 Å². The standard InChI is InChI=1S/C14H16N4O2/c1-3-5-12-16-13(9(2)14(15)17-12)10-6-4-7-11(8-10)18(19)20/h4,6-8H,3,5H2,1-2H3,(H2,15,16,17). The molecule has 0 aliphatic carbocycles. The fourth-order valence-corrected chi connectivity index (χ4v) is 1.97. The number of nitrogens with zero attached hydrogens (tertiary/aromatic N) is 3. The van der Waals surface area contributed by atoms with Crippen molar-refractivity contribution in [1.29, 1.82) is 0 Å². The molecule has 0 amide bonds. The quantitative estimate of drug-likeness (QED) is 0.682. The zero-order chi connectivity index (χ0) is 14.7. The van der Waals surface area contributed by atoms with Gasteiger partial charge in [-0.25, -0.2) is 9.97 Å². The van der Waals surface area contributed by atoms with Crippen molar-refractivity contribution >= 4 is 11.5 Å². The highest BCUT2D eigenvalue weighted by Crippen LogP contribution is 2.27. The van der Waals surface area contributed by atoms with E-state index in [0.717, 1.165) is 18.4 Å². The molecule has 0 unspecified atom stereocenters. The Balaban J connectivity index is 2.56. The van der Waals surface area contributed by atoms with Crippen LogP contribution in [0.3, 0.4) is 0 Å². The first-order valence-electron chi connectivity index (χ1n) is 6.40.